The molecule has 0 radical (unpaired) electrons. The van der Waals surface area contributed by atoms with E-state index < -0.39 is 20.8 Å². The standard InChI is InChI=1S/C11H14ClNO3S2/c12-11-4-2-1-3-10(11)9-18(15,16)13-5-7-17(14)8-6-13/h1-4H,5-9H2. The van der Waals surface area contributed by atoms with Crippen LogP contribution in [0.1, 0.15) is 5.56 Å². The molecule has 18 heavy (non-hydrogen) atoms. The van der Waals surface area contributed by atoms with Gasteiger partial charge in [0, 0.05) is 40.4 Å². The first-order valence-corrected chi connectivity index (χ1v) is 9.03. The first-order valence-electron chi connectivity index (χ1n) is 5.55. The van der Waals surface area contributed by atoms with E-state index in [0.29, 0.717) is 35.2 Å². The predicted octanol–water partition coefficient (Wildman–Crippen LogP) is 1.23. The second-order valence-corrected chi connectivity index (χ2v) is 8.17. The highest BCUT2D eigenvalue weighted by atomic mass is 35.5. The minimum Gasteiger partial charge on any atom is -0.259 e. The van der Waals surface area contributed by atoms with E-state index in [0.717, 1.165) is 0 Å². The fraction of sp³-hybridized carbons (Fsp3) is 0.455. The SMILES string of the molecule is O=S1CCN(S(=O)(=O)Cc2ccccc2Cl)CC1. The van der Waals surface area contributed by atoms with Gasteiger partial charge in [-0.15, -0.1) is 0 Å². The predicted molar refractivity (Wildman–Crippen MR) is 73.5 cm³/mol. The smallest absolute Gasteiger partial charge is 0.218 e. The summed E-state index contributed by atoms with van der Waals surface area (Å²) in [5.41, 5.74) is 0.603. The average Bonchev–Trinajstić information content (AvgIpc) is 2.32. The molecule has 1 fully saturated rings. The topological polar surface area (TPSA) is 54.5 Å². The molecule has 0 saturated carbocycles. The van der Waals surface area contributed by atoms with Crippen LogP contribution in [0.4, 0.5) is 0 Å². The summed E-state index contributed by atoms with van der Waals surface area (Å²) in [7, 11) is -4.25. The molecule has 1 saturated heterocycles. The molecule has 1 heterocycles. The molecule has 0 spiro atoms. The van der Waals surface area contributed by atoms with Gasteiger partial charge in [0.2, 0.25) is 10.0 Å². The third kappa shape index (κ3) is 3.32. The quantitative estimate of drug-likeness (QED) is 0.844. The Morgan fingerprint density at radius 3 is 2.44 bits per heavy atom. The number of rotatable bonds is 3. The molecule has 4 nitrogen and oxygen atoms in total. The number of sulfonamides is 1. The Kier molecular flexibility index (Phi) is 4.42. The second-order valence-electron chi connectivity index (χ2n) is 4.09. The Morgan fingerprint density at radius 1 is 1.22 bits per heavy atom. The highest BCUT2D eigenvalue weighted by Gasteiger charge is 2.27. The van der Waals surface area contributed by atoms with Gasteiger partial charge in [-0.3, -0.25) is 4.21 Å². The lowest BCUT2D eigenvalue weighted by Gasteiger charge is -2.25. The Labute approximate surface area is 114 Å². The van der Waals surface area contributed by atoms with Crippen LogP contribution in [0, 0.1) is 0 Å². The fourth-order valence-electron chi connectivity index (χ4n) is 1.80. The van der Waals surface area contributed by atoms with Crippen LogP contribution < -0.4 is 0 Å². The molecule has 7 heteroatoms. The molecule has 0 aromatic heterocycles. The summed E-state index contributed by atoms with van der Waals surface area (Å²) in [6.45, 7) is 0.665. The normalized spacial score (nSPS) is 18.9. The van der Waals surface area contributed by atoms with Gasteiger partial charge in [0.15, 0.2) is 0 Å². The Bertz CT molecular complexity index is 549. The molecule has 0 N–H and O–H groups in total. The molecule has 1 aromatic rings. The van der Waals surface area contributed by atoms with Crippen molar-refractivity contribution >= 4 is 32.4 Å². The van der Waals surface area contributed by atoms with Gasteiger partial charge in [-0.05, 0) is 11.6 Å². The van der Waals surface area contributed by atoms with E-state index in [-0.39, 0.29) is 5.75 Å². The van der Waals surface area contributed by atoms with Crippen molar-refractivity contribution < 1.29 is 12.6 Å². The summed E-state index contributed by atoms with van der Waals surface area (Å²) in [5.74, 6) is 0.739. The molecule has 100 valence electrons. The Hall–Kier alpha value is -0.430. The summed E-state index contributed by atoms with van der Waals surface area (Å²) in [6.07, 6.45) is 0. The lowest BCUT2D eigenvalue weighted by atomic mass is 10.2. The summed E-state index contributed by atoms with van der Waals surface area (Å²) < 4.78 is 37.0. The molecule has 1 aromatic carbocycles. The van der Waals surface area contributed by atoms with Crippen LogP contribution in [0.15, 0.2) is 24.3 Å². The van der Waals surface area contributed by atoms with E-state index in [2.05, 4.69) is 0 Å². The van der Waals surface area contributed by atoms with Gasteiger partial charge in [-0.2, -0.15) is 4.31 Å². The summed E-state index contributed by atoms with van der Waals surface area (Å²) in [6, 6.07) is 6.92. The van der Waals surface area contributed by atoms with Crippen molar-refractivity contribution in [1.82, 2.24) is 4.31 Å². The monoisotopic (exact) mass is 307 g/mol. The largest absolute Gasteiger partial charge is 0.259 e. The third-order valence-electron chi connectivity index (χ3n) is 2.83. The van der Waals surface area contributed by atoms with Crippen molar-refractivity contribution in [3.8, 4) is 0 Å². The van der Waals surface area contributed by atoms with Gasteiger partial charge < -0.3 is 0 Å². The maximum Gasteiger partial charge on any atom is 0.218 e. The van der Waals surface area contributed by atoms with Gasteiger partial charge in [0.05, 0.1) is 5.75 Å². The molecular formula is C11H14ClNO3S2. The number of hydrogen-bond acceptors (Lipinski definition) is 3. The average molecular weight is 308 g/mol. The molecular weight excluding hydrogens is 294 g/mol. The van der Waals surface area contributed by atoms with Crippen molar-refractivity contribution in [2.45, 2.75) is 5.75 Å². The van der Waals surface area contributed by atoms with E-state index in [1.807, 2.05) is 0 Å². The number of benzene rings is 1. The summed E-state index contributed by atoms with van der Waals surface area (Å²) in [4.78, 5) is 0. The van der Waals surface area contributed by atoms with E-state index in [9.17, 15) is 12.6 Å². The molecule has 2 rings (SSSR count). The van der Waals surface area contributed by atoms with Crippen LogP contribution in [0.25, 0.3) is 0 Å². The summed E-state index contributed by atoms with van der Waals surface area (Å²) >= 11 is 5.96. The highest BCUT2D eigenvalue weighted by Crippen LogP contribution is 2.20. The molecule has 0 atom stereocenters. The number of halogens is 1. The Balaban J connectivity index is 2.13. The van der Waals surface area contributed by atoms with Crippen molar-refractivity contribution in [1.29, 1.82) is 0 Å². The van der Waals surface area contributed by atoms with Crippen molar-refractivity contribution in [2.24, 2.45) is 0 Å². The van der Waals surface area contributed by atoms with Gasteiger partial charge in [-0.25, -0.2) is 8.42 Å². The number of nitrogens with zero attached hydrogens (tertiary/aromatic N) is 1. The highest BCUT2D eigenvalue weighted by molar-refractivity contribution is 7.88. The van der Waals surface area contributed by atoms with Crippen LogP contribution in [-0.2, 0) is 26.6 Å². The maximum atomic E-state index is 12.2. The first-order chi connectivity index (χ1) is 8.49. The number of hydrogen-bond donors (Lipinski definition) is 0. The molecule has 0 bridgehead atoms. The minimum absolute atomic E-state index is 0.0979. The zero-order valence-corrected chi connectivity index (χ0v) is 12.1. The van der Waals surface area contributed by atoms with Crippen LogP contribution in [0.5, 0.6) is 0 Å². The van der Waals surface area contributed by atoms with Crippen molar-refractivity contribution in [3.63, 3.8) is 0 Å². The minimum atomic E-state index is -3.37. The van der Waals surface area contributed by atoms with Crippen LogP contribution >= 0.6 is 11.6 Å². The fourth-order valence-corrected chi connectivity index (χ4v) is 4.93. The van der Waals surface area contributed by atoms with Gasteiger partial charge in [0.1, 0.15) is 0 Å². The lowest BCUT2D eigenvalue weighted by molar-refractivity contribution is 0.438. The van der Waals surface area contributed by atoms with E-state index >= 15 is 0 Å². The second kappa shape index (κ2) is 5.69. The molecule has 0 aliphatic carbocycles. The zero-order valence-electron chi connectivity index (χ0n) is 9.71. The molecule has 1 aliphatic heterocycles. The van der Waals surface area contributed by atoms with Gasteiger partial charge >= 0.3 is 0 Å². The molecule has 1 aliphatic rings. The van der Waals surface area contributed by atoms with Crippen LogP contribution in [0.2, 0.25) is 5.02 Å². The first kappa shape index (κ1) is 14.0. The van der Waals surface area contributed by atoms with E-state index in [4.69, 9.17) is 11.6 Å². The molecule has 0 amide bonds. The zero-order chi connectivity index (χ0) is 13.2. The van der Waals surface area contributed by atoms with Crippen molar-refractivity contribution in [3.05, 3.63) is 34.9 Å². The maximum absolute atomic E-state index is 12.2. The van der Waals surface area contributed by atoms with Gasteiger partial charge in [0.25, 0.3) is 0 Å². The van der Waals surface area contributed by atoms with E-state index in [1.165, 1.54) is 4.31 Å². The summed E-state index contributed by atoms with van der Waals surface area (Å²) in [5, 5.41) is 0.460. The third-order valence-corrected chi connectivity index (χ3v) is 6.30. The van der Waals surface area contributed by atoms with Crippen LogP contribution in [-0.4, -0.2) is 41.5 Å². The van der Waals surface area contributed by atoms with E-state index in [1.54, 1.807) is 24.3 Å². The molecule has 0 unspecified atom stereocenters. The van der Waals surface area contributed by atoms with Crippen molar-refractivity contribution in [2.75, 3.05) is 24.6 Å². The van der Waals surface area contributed by atoms with Gasteiger partial charge in [-0.1, -0.05) is 29.8 Å². The lowest BCUT2D eigenvalue weighted by Crippen LogP contribution is -2.42. The van der Waals surface area contributed by atoms with Crippen LogP contribution in [0.3, 0.4) is 0 Å². The Morgan fingerprint density at radius 2 is 1.83 bits per heavy atom.